The van der Waals surface area contributed by atoms with Gasteiger partial charge in [0.2, 0.25) is 0 Å². The van der Waals surface area contributed by atoms with Crippen molar-refractivity contribution in [2.75, 3.05) is 19.8 Å². The summed E-state index contributed by atoms with van der Waals surface area (Å²) in [5, 5.41) is 31.4. The van der Waals surface area contributed by atoms with Gasteiger partial charge in [-0.1, -0.05) is 76.9 Å². The van der Waals surface area contributed by atoms with Gasteiger partial charge in [0.15, 0.2) is 0 Å². The van der Waals surface area contributed by atoms with Crippen molar-refractivity contribution < 1.29 is 20.1 Å². The number of aliphatic hydroxyl groups is 3. The molecule has 33 heavy (non-hydrogen) atoms. The number of rotatable bonds is 7. The molecule has 3 N–H and O–H groups in total. The van der Waals surface area contributed by atoms with Gasteiger partial charge in [0.25, 0.3) is 0 Å². The standard InChI is InChI=1S/C29H44O4/c1-18-11-20(3)24(22(13-18)27(5,6)7)26(29(15-30,16-31)17-32)33-25-21(4)12-19(2)14-23(25)28(8,9)10/h11-14,26,30-32H,15-17H2,1-10H3. The number of aryl methyl sites for hydroxylation is 4. The van der Waals surface area contributed by atoms with E-state index in [1.54, 1.807) is 0 Å². The van der Waals surface area contributed by atoms with Crippen LogP contribution in [0.25, 0.3) is 0 Å². The van der Waals surface area contributed by atoms with Crippen LogP contribution in [0.5, 0.6) is 5.75 Å². The molecular formula is C29H44O4. The summed E-state index contributed by atoms with van der Waals surface area (Å²) in [7, 11) is 0. The second-order valence-corrected chi connectivity index (χ2v) is 11.8. The first kappa shape index (κ1) is 27.4. The van der Waals surface area contributed by atoms with Gasteiger partial charge in [0, 0.05) is 5.56 Å². The van der Waals surface area contributed by atoms with Gasteiger partial charge in [-0.15, -0.1) is 0 Å². The van der Waals surface area contributed by atoms with Crippen LogP contribution in [0, 0.1) is 33.1 Å². The van der Waals surface area contributed by atoms with Crippen LogP contribution in [0.3, 0.4) is 0 Å². The van der Waals surface area contributed by atoms with Crippen LogP contribution < -0.4 is 4.74 Å². The van der Waals surface area contributed by atoms with Crippen molar-refractivity contribution in [1.29, 1.82) is 0 Å². The van der Waals surface area contributed by atoms with Crippen LogP contribution in [-0.4, -0.2) is 35.1 Å². The minimum atomic E-state index is -1.26. The number of hydrogen-bond donors (Lipinski definition) is 3. The highest BCUT2D eigenvalue weighted by Crippen LogP contribution is 2.46. The maximum atomic E-state index is 10.5. The summed E-state index contributed by atoms with van der Waals surface area (Å²) in [5.74, 6) is 0.748. The third kappa shape index (κ3) is 5.62. The Morgan fingerprint density at radius 2 is 1.09 bits per heavy atom. The highest BCUT2D eigenvalue weighted by atomic mass is 16.5. The monoisotopic (exact) mass is 456 g/mol. The van der Waals surface area contributed by atoms with Crippen molar-refractivity contribution >= 4 is 0 Å². The molecule has 0 bridgehead atoms. The topological polar surface area (TPSA) is 69.9 Å². The molecule has 2 aromatic rings. The summed E-state index contributed by atoms with van der Waals surface area (Å²) in [5.41, 5.74) is 5.76. The number of aliphatic hydroxyl groups excluding tert-OH is 3. The van der Waals surface area contributed by atoms with Crippen LogP contribution in [-0.2, 0) is 10.8 Å². The van der Waals surface area contributed by atoms with E-state index in [2.05, 4.69) is 79.7 Å². The fourth-order valence-electron chi connectivity index (χ4n) is 4.62. The molecule has 0 radical (unpaired) electrons. The molecule has 0 aromatic heterocycles. The van der Waals surface area contributed by atoms with Crippen LogP contribution in [0.2, 0.25) is 0 Å². The Bertz CT molecular complexity index is 964. The maximum absolute atomic E-state index is 10.5. The molecule has 184 valence electrons. The van der Waals surface area contributed by atoms with Crippen molar-refractivity contribution in [3.05, 3.63) is 63.2 Å². The number of ether oxygens (including phenoxy) is 1. The lowest BCUT2D eigenvalue weighted by molar-refractivity contribution is -0.0755. The van der Waals surface area contributed by atoms with E-state index >= 15 is 0 Å². The Hall–Kier alpha value is -1.88. The molecule has 0 saturated heterocycles. The second kappa shape index (κ2) is 9.77. The third-order valence-corrected chi connectivity index (χ3v) is 6.56. The lowest BCUT2D eigenvalue weighted by Gasteiger charge is -2.41. The van der Waals surface area contributed by atoms with Crippen molar-refractivity contribution in [3.8, 4) is 5.75 Å². The van der Waals surface area contributed by atoms with Crippen molar-refractivity contribution in [1.82, 2.24) is 0 Å². The molecule has 0 heterocycles. The predicted molar refractivity (Wildman–Crippen MR) is 136 cm³/mol. The molecule has 0 amide bonds. The van der Waals surface area contributed by atoms with Gasteiger partial charge in [0.1, 0.15) is 11.9 Å². The van der Waals surface area contributed by atoms with Gasteiger partial charge < -0.3 is 20.1 Å². The average molecular weight is 457 g/mol. The van der Waals surface area contributed by atoms with Crippen LogP contribution >= 0.6 is 0 Å². The first-order valence-corrected chi connectivity index (χ1v) is 11.8. The maximum Gasteiger partial charge on any atom is 0.137 e. The summed E-state index contributed by atoms with van der Waals surface area (Å²) >= 11 is 0. The minimum absolute atomic E-state index is 0.174. The SMILES string of the molecule is Cc1cc(C)c(OC(c2c(C)cc(C)cc2C(C)(C)C)C(CO)(CO)CO)c(C(C)(C)C)c1. The van der Waals surface area contributed by atoms with E-state index in [9.17, 15) is 15.3 Å². The highest BCUT2D eigenvalue weighted by molar-refractivity contribution is 5.49. The van der Waals surface area contributed by atoms with E-state index in [1.807, 2.05) is 13.8 Å². The zero-order chi connectivity index (χ0) is 25.4. The van der Waals surface area contributed by atoms with Gasteiger partial charge in [-0.2, -0.15) is 0 Å². The van der Waals surface area contributed by atoms with Crippen LogP contribution in [0.1, 0.15) is 86.6 Å². The number of hydrogen-bond acceptors (Lipinski definition) is 4. The Morgan fingerprint density at radius 1 is 0.667 bits per heavy atom. The van der Waals surface area contributed by atoms with E-state index in [0.717, 1.165) is 44.7 Å². The normalized spacial score (nSPS) is 13.8. The van der Waals surface area contributed by atoms with E-state index in [-0.39, 0.29) is 10.8 Å². The molecule has 0 aliphatic carbocycles. The molecule has 0 spiro atoms. The fraction of sp³-hybridized carbons (Fsp3) is 0.586. The molecule has 4 nitrogen and oxygen atoms in total. The molecule has 1 unspecified atom stereocenters. The Morgan fingerprint density at radius 3 is 1.52 bits per heavy atom. The van der Waals surface area contributed by atoms with Gasteiger partial charge in [-0.25, -0.2) is 0 Å². The Kier molecular flexibility index (Phi) is 8.10. The predicted octanol–water partition coefficient (Wildman–Crippen LogP) is 5.60. The smallest absolute Gasteiger partial charge is 0.137 e. The largest absolute Gasteiger partial charge is 0.484 e. The summed E-state index contributed by atoms with van der Waals surface area (Å²) in [6.07, 6.45) is -0.741. The first-order chi connectivity index (χ1) is 15.1. The van der Waals surface area contributed by atoms with E-state index in [1.165, 1.54) is 0 Å². The van der Waals surface area contributed by atoms with Gasteiger partial charge in [-0.3, -0.25) is 0 Å². The lowest BCUT2D eigenvalue weighted by atomic mass is 9.72. The molecule has 2 aromatic carbocycles. The molecule has 2 rings (SSSR count). The molecule has 0 fully saturated rings. The molecule has 4 heteroatoms. The highest BCUT2D eigenvalue weighted by Gasteiger charge is 2.44. The molecular weight excluding hydrogens is 412 g/mol. The second-order valence-electron chi connectivity index (χ2n) is 11.8. The third-order valence-electron chi connectivity index (χ3n) is 6.56. The summed E-state index contributed by atoms with van der Waals surface area (Å²) < 4.78 is 6.86. The summed E-state index contributed by atoms with van der Waals surface area (Å²) in [6.45, 7) is 19.9. The van der Waals surface area contributed by atoms with Gasteiger partial charge >= 0.3 is 0 Å². The van der Waals surface area contributed by atoms with E-state index in [4.69, 9.17) is 4.74 Å². The molecule has 0 aliphatic heterocycles. The Balaban J connectivity index is 2.93. The van der Waals surface area contributed by atoms with Crippen molar-refractivity contribution in [3.63, 3.8) is 0 Å². The number of benzene rings is 2. The molecule has 0 aliphatic rings. The fourth-order valence-corrected chi connectivity index (χ4v) is 4.62. The first-order valence-electron chi connectivity index (χ1n) is 11.8. The average Bonchev–Trinajstić information content (AvgIpc) is 2.68. The van der Waals surface area contributed by atoms with Crippen LogP contribution in [0.4, 0.5) is 0 Å². The summed E-state index contributed by atoms with van der Waals surface area (Å²) in [4.78, 5) is 0. The molecule has 1 atom stereocenters. The minimum Gasteiger partial charge on any atom is -0.484 e. The van der Waals surface area contributed by atoms with E-state index in [0.29, 0.717) is 0 Å². The van der Waals surface area contributed by atoms with Gasteiger partial charge in [-0.05, 0) is 60.8 Å². The lowest BCUT2D eigenvalue weighted by Crippen LogP contribution is -2.44. The zero-order valence-corrected chi connectivity index (χ0v) is 22.3. The van der Waals surface area contributed by atoms with Crippen molar-refractivity contribution in [2.24, 2.45) is 5.41 Å². The van der Waals surface area contributed by atoms with Crippen LogP contribution in [0.15, 0.2) is 24.3 Å². The quantitative estimate of drug-likeness (QED) is 0.507. The zero-order valence-electron chi connectivity index (χ0n) is 22.3. The molecule has 0 saturated carbocycles. The van der Waals surface area contributed by atoms with E-state index < -0.39 is 31.3 Å². The van der Waals surface area contributed by atoms with Gasteiger partial charge in [0.05, 0.1) is 25.2 Å². The summed E-state index contributed by atoms with van der Waals surface area (Å²) in [6, 6.07) is 8.49. The Labute approximate surface area is 200 Å². The van der Waals surface area contributed by atoms with Crippen molar-refractivity contribution in [2.45, 2.75) is 86.2 Å².